The number of sulfonamides is 1. The summed E-state index contributed by atoms with van der Waals surface area (Å²) in [5.41, 5.74) is -0.102. The van der Waals surface area contributed by atoms with Gasteiger partial charge in [0.25, 0.3) is 10.0 Å². The van der Waals surface area contributed by atoms with Crippen LogP contribution in [0.3, 0.4) is 0 Å². The zero-order valence-corrected chi connectivity index (χ0v) is 12.2. The molecule has 6 nitrogen and oxygen atoms in total. The van der Waals surface area contributed by atoms with Crippen LogP contribution in [0.15, 0.2) is 9.00 Å². The summed E-state index contributed by atoms with van der Waals surface area (Å²) in [5, 5.41) is 0. The van der Waals surface area contributed by atoms with Crippen molar-refractivity contribution >= 4 is 21.4 Å². The van der Waals surface area contributed by atoms with Crippen molar-refractivity contribution in [2.45, 2.75) is 30.6 Å². The van der Waals surface area contributed by atoms with Gasteiger partial charge in [0, 0.05) is 18.8 Å². The van der Waals surface area contributed by atoms with Crippen molar-refractivity contribution in [2.75, 3.05) is 19.7 Å². The fourth-order valence-corrected chi connectivity index (χ4v) is 4.94. The number of hydrogen-bond donors (Lipinski definition) is 1. The minimum absolute atomic E-state index is 0.102. The van der Waals surface area contributed by atoms with Crippen molar-refractivity contribution in [2.24, 2.45) is 0 Å². The summed E-state index contributed by atoms with van der Waals surface area (Å²) in [5.74, 6) is 0. The van der Waals surface area contributed by atoms with Crippen molar-refractivity contribution in [3.05, 3.63) is 15.4 Å². The average molecular weight is 292 g/mol. The molecular formula is C10H16N2O4S2. The Morgan fingerprint density at radius 3 is 2.61 bits per heavy atom. The molecule has 0 unspecified atom stereocenters. The Labute approximate surface area is 110 Å². The lowest BCUT2D eigenvalue weighted by atomic mass is 10.1. The van der Waals surface area contributed by atoms with E-state index in [1.807, 2.05) is 13.8 Å². The first-order valence-corrected chi connectivity index (χ1v) is 7.82. The monoisotopic (exact) mass is 292 g/mol. The highest BCUT2D eigenvalue weighted by molar-refractivity contribution is 7.91. The Balaban J connectivity index is 2.37. The van der Waals surface area contributed by atoms with Gasteiger partial charge in [-0.15, -0.1) is 0 Å². The highest BCUT2D eigenvalue weighted by Gasteiger charge is 2.36. The summed E-state index contributed by atoms with van der Waals surface area (Å²) in [6.45, 7) is 6.27. The minimum atomic E-state index is -3.60. The highest BCUT2D eigenvalue weighted by atomic mass is 32.2. The van der Waals surface area contributed by atoms with Crippen LogP contribution in [0.25, 0.3) is 0 Å². The number of rotatable bonds is 2. The summed E-state index contributed by atoms with van der Waals surface area (Å²) < 4.78 is 31.8. The first-order chi connectivity index (χ1) is 8.22. The second kappa shape index (κ2) is 4.44. The molecule has 1 saturated heterocycles. The van der Waals surface area contributed by atoms with Gasteiger partial charge in [-0.1, -0.05) is 11.3 Å². The van der Waals surface area contributed by atoms with Gasteiger partial charge in [0.1, 0.15) is 0 Å². The van der Waals surface area contributed by atoms with Gasteiger partial charge in [0.15, 0.2) is 4.21 Å². The van der Waals surface area contributed by atoms with Crippen LogP contribution < -0.4 is 4.87 Å². The van der Waals surface area contributed by atoms with Crippen molar-refractivity contribution in [1.82, 2.24) is 9.29 Å². The van der Waals surface area contributed by atoms with E-state index in [1.54, 1.807) is 6.92 Å². The summed E-state index contributed by atoms with van der Waals surface area (Å²) in [6.07, 6.45) is 0. The van der Waals surface area contributed by atoms with E-state index in [0.29, 0.717) is 25.4 Å². The molecule has 2 heterocycles. The van der Waals surface area contributed by atoms with E-state index in [2.05, 4.69) is 4.98 Å². The molecule has 2 rings (SSSR count). The van der Waals surface area contributed by atoms with Gasteiger partial charge in [-0.25, -0.2) is 8.42 Å². The smallest absolute Gasteiger partial charge is 0.305 e. The second-order valence-corrected chi connectivity index (χ2v) is 7.99. The van der Waals surface area contributed by atoms with Crippen molar-refractivity contribution in [3.63, 3.8) is 0 Å². The fourth-order valence-electron chi connectivity index (χ4n) is 1.93. The lowest BCUT2D eigenvalue weighted by Crippen LogP contribution is -2.50. The van der Waals surface area contributed by atoms with Crippen molar-refractivity contribution < 1.29 is 13.2 Å². The minimum Gasteiger partial charge on any atom is -0.373 e. The molecule has 0 aromatic carbocycles. The molecule has 1 aliphatic heterocycles. The van der Waals surface area contributed by atoms with Crippen LogP contribution in [0.1, 0.15) is 19.5 Å². The fraction of sp³-hybridized carbons (Fsp3) is 0.700. The molecule has 18 heavy (non-hydrogen) atoms. The van der Waals surface area contributed by atoms with Gasteiger partial charge in [-0.05, 0) is 20.8 Å². The average Bonchev–Trinajstić information content (AvgIpc) is 2.57. The summed E-state index contributed by atoms with van der Waals surface area (Å²) in [7, 11) is -3.60. The molecule has 1 aromatic heterocycles. The summed E-state index contributed by atoms with van der Waals surface area (Å²) >= 11 is 0.734. The van der Waals surface area contributed by atoms with Crippen LogP contribution in [0.5, 0.6) is 0 Å². The third-order valence-corrected chi connectivity index (χ3v) is 6.17. The zero-order chi connectivity index (χ0) is 13.6. The molecule has 1 aromatic rings. The predicted octanol–water partition coefficient (Wildman–Crippen LogP) is 0.544. The topological polar surface area (TPSA) is 79.5 Å². The number of nitrogens with zero attached hydrogens (tertiary/aromatic N) is 1. The Morgan fingerprint density at radius 1 is 1.44 bits per heavy atom. The molecule has 0 aliphatic carbocycles. The van der Waals surface area contributed by atoms with Crippen LogP contribution in [-0.2, 0) is 14.8 Å². The molecule has 0 amide bonds. The lowest BCUT2D eigenvalue weighted by Gasteiger charge is -2.37. The molecule has 0 radical (unpaired) electrons. The third kappa shape index (κ3) is 2.51. The molecule has 0 bridgehead atoms. The van der Waals surface area contributed by atoms with E-state index in [1.165, 1.54) is 4.31 Å². The van der Waals surface area contributed by atoms with Gasteiger partial charge in [-0.3, -0.25) is 4.79 Å². The van der Waals surface area contributed by atoms with E-state index in [9.17, 15) is 13.2 Å². The highest BCUT2D eigenvalue weighted by Crippen LogP contribution is 2.26. The maximum atomic E-state index is 12.4. The van der Waals surface area contributed by atoms with Crippen LogP contribution >= 0.6 is 11.3 Å². The van der Waals surface area contributed by atoms with Crippen LogP contribution in [-0.4, -0.2) is 43.0 Å². The zero-order valence-electron chi connectivity index (χ0n) is 10.5. The molecule has 102 valence electrons. The maximum Gasteiger partial charge on any atom is 0.305 e. The first-order valence-electron chi connectivity index (χ1n) is 5.56. The standard InChI is InChI=1S/C10H16N2O4S2/c1-7-8(17-9(13)11-7)18(14,15)12-4-5-16-10(2,3)6-12/h4-6H2,1-3H3,(H,11,13). The molecule has 1 N–H and O–H groups in total. The number of ether oxygens (including phenoxy) is 1. The van der Waals surface area contributed by atoms with Gasteiger partial charge in [0.2, 0.25) is 0 Å². The van der Waals surface area contributed by atoms with Crippen LogP contribution in [0.2, 0.25) is 0 Å². The molecule has 0 atom stereocenters. The molecule has 0 saturated carbocycles. The molecule has 0 spiro atoms. The number of aryl methyl sites for hydroxylation is 1. The van der Waals surface area contributed by atoms with Crippen molar-refractivity contribution in [1.29, 1.82) is 0 Å². The van der Waals surface area contributed by atoms with E-state index >= 15 is 0 Å². The van der Waals surface area contributed by atoms with E-state index < -0.39 is 15.6 Å². The summed E-state index contributed by atoms with van der Waals surface area (Å²) in [4.78, 5) is 13.4. The Bertz CT molecular complexity index is 600. The van der Waals surface area contributed by atoms with Gasteiger partial charge >= 0.3 is 4.87 Å². The first kappa shape index (κ1) is 13.7. The Hall–Kier alpha value is -0.700. The number of morpholine rings is 1. The molecule has 8 heteroatoms. The number of aromatic amines is 1. The maximum absolute atomic E-state index is 12.4. The van der Waals surface area contributed by atoms with E-state index in [4.69, 9.17) is 4.74 Å². The van der Waals surface area contributed by atoms with Gasteiger partial charge < -0.3 is 9.72 Å². The number of thiazole rings is 1. The number of hydrogen-bond acceptors (Lipinski definition) is 5. The quantitative estimate of drug-likeness (QED) is 0.863. The second-order valence-electron chi connectivity index (χ2n) is 4.87. The number of H-pyrrole nitrogens is 1. The Kier molecular flexibility index (Phi) is 3.39. The van der Waals surface area contributed by atoms with Gasteiger partial charge in [-0.2, -0.15) is 4.31 Å². The molecule has 1 fully saturated rings. The van der Waals surface area contributed by atoms with Crippen LogP contribution in [0, 0.1) is 6.92 Å². The van der Waals surface area contributed by atoms with E-state index in [-0.39, 0.29) is 9.08 Å². The van der Waals surface area contributed by atoms with Crippen LogP contribution in [0.4, 0.5) is 0 Å². The number of nitrogens with one attached hydrogen (secondary N) is 1. The largest absolute Gasteiger partial charge is 0.373 e. The SMILES string of the molecule is Cc1[nH]c(=O)sc1S(=O)(=O)N1CCOC(C)(C)C1. The normalized spacial score (nSPS) is 21.1. The third-order valence-electron chi connectivity index (χ3n) is 2.75. The molecule has 1 aliphatic rings. The summed E-state index contributed by atoms with van der Waals surface area (Å²) in [6, 6.07) is 0. The van der Waals surface area contributed by atoms with Gasteiger partial charge in [0.05, 0.1) is 12.2 Å². The lowest BCUT2D eigenvalue weighted by molar-refractivity contribution is -0.0640. The van der Waals surface area contributed by atoms with E-state index in [0.717, 1.165) is 11.3 Å². The predicted molar refractivity (Wildman–Crippen MR) is 68.5 cm³/mol. The number of aromatic nitrogens is 1. The van der Waals surface area contributed by atoms with Crippen molar-refractivity contribution in [3.8, 4) is 0 Å². The Morgan fingerprint density at radius 2 is 2.11 bits per heavy atom. The molecular weight excluding hydrogens is 276 g/mol.